The molecule has 5 heteroatoms. The van der Waals surface area contributed by atoms with Gasteiger partial charge in [0.05, 0.1) is 32.0 Å². The van der Waals surface area contributed by atoms with Crippen molar-refractivity contribution in [1.29, 1.82) is 0 Å². The Morgan fingerprint density at radius 3 is 2.38 bits per heavy atom. The summed E-state index contributed by atoms with van der Waals surface area (Å²) in [5.41, 5.74) is 1.57. The van der Waals surface area contributed by atoms with E-state index in [1.807, 2.05) is 6.07 Å². The Kier molecular flexibility index (Phi) is 5.44. The van der Waals surface area contributed by atoms with Crippen molar-refractivity contribution in [2.75, 3.05) is 45.8 Å². The Labute approximate surface area is 126 Å². The van der Waals surface area contributed by atoms with Gasteiger partial charge in [0.2, 0.25) is 0 Å². The average Bonchev–Trinajstić information content (AvgIpc) is 2.54. The van der Waals surface area contributed by atoms with Crippen LogP contribution in [0.4, 0.5) is 5.69 Å². The van der Waals surface area contributed by atoms with Crippen LogP contribution in [0.3, 0.4) is 0 Å². The molecule has 0 aromatic heterocycles. The smallest absolute Gasteiger partial charge is 0.180 e. The summed E-state index contributed by atoms with van der Waals surface area (Å²) in [6.07, 6.45) is 3.65. The van der Waals surface area contributed by atoms with E-state index in [-0.39, 0.29) is 12.3 Å². The van der Waals surface area contributed by atoms with Gasteiger partial charge in [-0.2, -0.15) is 0 Å². The van der Waals surface area contributed by atoms with Crippen LogP contribution in [0.1, 0.15) is 29.6 Å². The molecular weight excluding hydrogens is 268 g/mol. The Bertz CT molecular complexity index is 497. The monoisotopic (exact) mass is 292 g/mol. The molecule has 0 aliphatic carbocycles. The topological polar surface area (TPSA) is 50.8 Å². The van der Waals surface area contributed by atoms with Crippen molar-refractivity contribution < 1.29 is 14.3 Å². The first-order valence-corrected chi connectivity index (χ1v) is 7.40. The maximum atomic E-state index is 12.2. The maximum absolute atomic E-state index is 12.2. The standard InChI is InChI=1S/C16H24N2O3/c1-17-11-14(19)12-9-16(21-3)13(10-15(12)20-2)18-7-5-4-6-8-18/h9-10,17H,4-8,11H2,1-3H3. The molecule has 0 bridgehead atoms. The van der Waals surface area contributed by atoms with Gasteiger partial charge in [0.25, 0.3) is 0 Å². The highest BCUT2D eigenvalue weighted by atomic mass is 16.5. The lowest BCUT2D eigenvalue weighted by atomic mass is 10.1. The number of methoxy groups -OCH3 is 2. The summed E-state index contributed by atoms with van der Waals surface area (Å²) < 4.78 is 10.9. The summed E-state index contributed by atoms with van der Waals surface area (Å²) in [5, 5.41) is 2.88. The van der Waals surface area contributed by atoms with Gasteiger partial charge < -0.3 is 19.7 Å². The van der Waals surface area contributed by atoms with E-state index < -0.39 is 0 Å². The van der Waals surface area contributed by atoms with Gasteiger partial charge in [-0.1, -0.05) is 0 Å². The molecule has 0 atom stereocenters. The summed E-state index contributed by atoms with van der Waals surface area (Å²) in [4.78, 5) is 14.5. The van der Waals surface area contributed by atoms with Crippen molar-refractivity contribution in [2.45, 2.75) is 19.3 Å². The summed E-state index contributed by atoms with van der Waals surface area (Å²) in [7, 11) is 4.99. The molecule has 0 amide bonds. The number of carbonyl (C=O) groups is 1. The largest absolute Gasteiger partial charge is 0.496 e. The minimum atomic E-state index is -0.00200. The zero-order valence-electron chi connectivity index (χ0n) is 13.1. The van der Waals surface area contributed by atoms with E-state index in [4.69, 9.17) is 9.47 Å². The Hall–Kier alpha value is -1.75. The summed E-state index contributed by atoms with van der Waals surface area (Å²) in [6, 6.07) is 3.72. The van der Waals surface area contributed by atoms with Crippen molar-refractivity contribution in [3.05, 3.63) is 17.7 Å². The molecule has 1 aliphatic heterocycles. The fraction of sp³-hybridized carbons (Fsp3) is 0.562. The maximum Gasteiger partial charge on any atom is 0.180 e. The lowest BCUT2D eigenvalue weighted by molar-refractivity contribution is 0.0990. The molecule has 5 nitrogen and oxygen atoms in total. The van der Waals surface area contributed by atoms with Crippen LogP contribution in [-0.2, 0) is 0 Å². The minimum Gasteiger partial charge on any atom is -0.496 e. The molecule has 0 spiro atoms. The molecular formula is C16H24N2O3. The van der Waals surface area contributed by atoms with Crippen molar-refractivity contribution in [3.63, 3.8) is 0 Å². The van der Waals surface area contributed by atoms with E-state index in [0.29, 0.717) is 11.3 Å². The number of ketones is 1. The molecule has 1 saturated heterocycles. The highest BCUT2D eigenvalue weighted by Crippen LogP contribution is 2.36. The Morgan fingerprint density at radius 1 is 1.14 bits per heavy atom. The van der Waals surface area contributed by atoms with Gasteiger partial charge in [0, 0.05) is 19.2 Å². The van der Waals surface area contributed by atoms with E-state index in [2.05, 4.69) is 10.2 Å². The Balaban J connectivity index is 2.39. The third kappa shape index (κ3) is 3.47. The zero-order valence-corrected chi connectivity index (χ0v) is 13.1. The van der Waals surface area contributed by atoms with Crippen molar-refractivity contribution in [1.82, 2.24) is 5.32 Å². The molecule has 1 N–H and O–H groups in total. The van der Waals surface area contributed by atoms with Crippen LogP contribution in [0.25, 0.3) is 0 Å². The predicted octanol–water partition coefficient (Wildman–Crippen LogP) is 2.10. The second-order valence-electron chi connectivity index (χ2n) is 5.23. The van der Waals surface area contributed by atoms with Crippen LogP contribution in [0, 0.1) is 0 Å². The molecule has 0 unspecified atom stereocenters. The number of benzene rings is 1. The number of likely N-dealkylation sites (N-methyl/N-ethyl adjacent to an activating group) is 1. The highest BCUT2D eigenvalue weighted by Gasteiger charge is 2.21. The molecule has 116 valence electrons. The summed E-state index contributed by atoms with van der Waals surface area (Å²) in [6.45, 7) is 2.31. The molecule has 1 fully saturated rings. The normalized spacial score (nSPS) is 14.9. The van der Waals surface area contributed by atoms with Gasteiger partial charge in [-0.15, -0.1) is 0 Å². The highest BCUT2D eigenvalue weighted by molar-refractivity contribution is 6.01. The first-order chi connectivity index (χ1) is 10.2. The van der Waals surface area contributed by atoms with Gasteiger partial charge in [-0.05, 0) is 32.4 Å². The van der Waals surface area contributed by atoms with E-state index in [0.717, 1.165) is 24.5 Å². The molecule has 1 heterocycles. The number of anilines is 1. The number of ether oxygens (including phenoxy) is 2. The average molecular weight is 292 g/mol. The molecule has 0 saturated carbocycles. The second kappa shape index (κ2) is 7.31. The van der Waals surface area contributed by atoms with Gasteiger partial charge in [0.1, 0.15) is 11.5 Å². The van der Waals surface area contributed by atoms with E-state index in [1.54, 1.807) is 27.3 Å². The quantitative estimate of drug-likeness (QED) is 0.814. The van der Waals surface area contributed by atoms with Crippen LogP contribution in [0.2, 0.25) is 0 Å². The molecule has 2 rings (SSSR count). The number of nitrogens with one attached hydrogen (secondary N) is 1. The van der Waals surface area contributed by atoms with Gasteiger partial charge in [-0.25, -0.2) is 0 Å². The number of rotatable bonds is 6. The number of piperidine rings is 1. The molecule has 1 aromatic carbocycles. The SMILES string of the molecule is CNCC(=O)c1cc(OC)c(N2CCCCC2)cc1OC. The van der Waals surface area contributed by atoms with E-state index >= 15 is 0 Å². The van der Waals surface area contributed by atoms with Gasteiger partial charge in [-0.3, -0.25) is 4.79 Å². The third-order valence-corrected chi connectivity index (χ3v) is 3.84. The van der Waals surface area contributed by atoms with Crippen LogP contribution >= 0.6 is 0 Å². The van der Waals surface area contributed by atoms with Crippen LogP contribution < -0.4 is 19.7 Å². The number of carbonyl (C=O) groups excluding carboxylic acids is 1. The number of hydrogen-bond acceptors (Lipinski definition) is 5. The first-order valence-electron chi connectivity index (χ1n) is 7.40. The van der Waals surface area contributed by atoms with Crippen LogP contribution in [0.5, 0.6) is 11.5 Å². The van der Waals surface area contributed by atoms with E-state index in [1.165, 1.54) is 19.3 Å². The number of Topliss-reactive ketones (excluding diaryl/α,β-unsaturated/α-hetero) is 1. The molecule has 1 aromatic rings. The van der Waals surface area contributed by atoms with Gasteiger partial charge >= 0.3 is 0 Å². The van der Waals surface area contributed by atoms with E-state index in [9.17, 15) is 4.79 Å². The Morgan fingerprint density at radius 2 is 1.81 bits per heavy atom. The first kappa shape index (κ1) is 15.6. The van der Waals surface area contributed by atoms with Crippen molar-refractivity contribution >= 4 is 11.5 Å². The molecule has 21 heavy (non-hydrogen) atoms. The van der Waals surface area contributed by atoms with Crippen molar-refractivity contribution in [3.8, 4) is 11.5 Å². The second-order valence-corrected chi connectivity index (χ2v) is 5.23. The lowest BCUT2D eigenvalue weighted by Gasteiger charge is -2.30. The fourth-order valence-corrected chi connectivity index (χ4v) is 2.74. The van der Waals surface area contributed by atoms with Crippen LogP contribution in [-0.4, -0.2) is 46.7 Å². The van der Waals surface area contributed by atoms with Crippen molar-refractivity contribution in [2.24, 2.45) is 0 Å². The third-order valence-electron chi connectivity index (χ3n) is 3.84. The number of hydrogen-bond donors (Lipinski definition) is 1. The molecule has 0 radical (unpaired) electrons. The fourth-order valence-electron chi connectivity index (χ4n) is 2.74. The molecule has 1 aliphatic rings. The number of nitrogens with zero attached hydrogens (tertiary/aromatic N) is 1. The minimum absolute atomic E-state index is 0.00200. The lowest BCUT2D eigenvalue weighted by Crippen LogP contribution is -2.30. The summed E-state index contributed by atoms with van der Waals surface area (Å²) >= 11 is 0. The summed E-state index contributed by atoms with van der Waals surface area (Å²) in [5.74, 6) is 1.34. The van der Waals surface area contributed by atoms with Gasteiger partial charge in [0.15, 0.2) is 5.78 Å². The predicted molar refractivity (Wildman–Crippen MR) is 83.9 cm³/mol. The van der Waals surface area contributed by atoms with Crippen LogP contribution in [0.15, 0.2) is 12.1 Å². The zero-order chi connectivity index (χ0) is 15.2.